The van der Waals surface area contributed by atoms with Gasteiger partial charge in [0.05, 0.1) is 5.54 Å². The zero-order chi connectivity index (χ0) is 18.9. The van der Waals surface area contributed by atoms with E-state index < -0.39 is 0 Å². The Morgan fingerprint density at radius 1 is 1.07 bits per heavy atom. The first-order valence-electron chi connectivity index (χ1n) is 10.0. The topological polar surface area (TPSA) is 58.6 Å². The molecule has 1 aromatic rings. The van der Waals surface area contributed by atoms with Crippen LogP contribution in [0.5, 0.6) is 0 Å². The average Bonchev–Trinajstić information content (AvgIpc) is 3.53. The third kappa shape index (κ3) is 4.21. The molecule has 1 saturated carbocycles. The van der Waals surface area contributed by atoms with Crippen molar-refractivity contribution in [2.45, 2.75) is 44.1 Å². The van der Waals surface area contributed by atoms with Crippen LogP contribution in [0.2, 0.25) is 0 Å². The van der Waals surface area contributed by atoms with Crippen LogP contribution < -0.4 is 5.32 Å². The second-order valence-electron chi connectivity index (χ2n) is 8.07. The van der Waals surface area contributed by atoms with Crippen molar-refractivity contribution in [2.24, 2.45) is 11.8 Å². The second-order valence-corrected chi connectivity index (χ2v) is 8.98. The number of ether oxygens (including phenoxy) is 1. The molecule has 0 aromatic heterocycles. The molecule has 0 unspecified atom stereocenters. The Hall–Kier alpha value is -1.40. The first-order chi connectivity index (χ1) is 13.1. The van der Waals surface area contributed by atoms with Gasteiger partial charge in [0.1, 0.15) is 0 Å². The monoisotopic (exact) mass is 434 g/mol. The van der Waals surface area contributed by atoms with Gasteiger partial charge in [-0.25, -0.2) is 0 Å². The lowest BCUT2D eigenvalue weighted by Gasteiger charge is -2.40. The van der Waals surface area contributed by atoms with Crippen molar-refractivity contribution in [3.05, 3.63) is 34.3 Å². The van der Waals surface area contributed by atoms with Gasteiger partial charge in [-0.3, -0.25) is 9.59 Å². The van der Waals surface area contributed by atoms with Crippen molar-refractivity contribution in [3.8, 4) is 0 Å². The van der Waals surface area contributed by atoms with Gasteiger partial charge in [-0.1, -0.05) is 28.1 Å². The number of rotatable bonds is 4. The minimum atomic E-state index is -0.361. The Morgan fingerprint density at radius 3 is 2.41 bits per heavy atom. The van der Waals surface area contributed by atoms with Crippen molar-refractivity contribution in [1.29, 1.82) is 0 Å². The van der Waals surface area contributed by atoms with E-state index in [1.807, 2.05) is 17.0 Å². The summed E-state index contributed by atoms with van der Waals surface area (Å²) in [7, 11) is 0. The zero-order valence-corrected chi connectivity index (χ0v) is 17.2. The van der Waals surface area contributed by atoms with Gasteiger partial charge in [0.2, 0.25) is 11.8 Å². The zero-order valence-electron chi connectivity index (χ0n) is 15.6. The molecule has 146 valence electrons. The molecule has 27 heavy (non-hydrogen) atoms. The van der Waals surface area contributed by atoms with Crippen LogP contribution in [-0.4, -0.2) is 43.0 Å². The highest BCUT2D eigenvalue weighted by molar-refractivity contribution is 9.10. The van der Waals surface area contributed by atoms with Gasteiger partial charge in [0.25, 0.3) is 0 Å². The van der Waals surface area contributed by atoms with Crippen molar-refractivity contribution >= 4 is 27.7 Å². The summed E-state index contributed by atoms with van der Waals surface area (Å²) in [5.74, 6) is 0.664. The van der Waals surface area contributed by atoms with E-state index in [0.717, 1.165) is 48.6 Å². The Bertz CT molecular complexity index is 705. The fraction of sp³-hybridized carbons (Fsp3) is 0.619. The van der Waals surface area contributed by atoms with E-state index in [2.05, 4.69) is 33.4 Å². The standard InChI is InChI=1S/C21H27BrN2O3/c22-18-3-1-2-17(14-18)21(8-12-27-13-9-21)23-19(25)15-6-10-24(11-7-15)20(26)16-4-5-16/h1-3,14-16H,4-13H2,(H,23,25). The summed E-state index contributed by atoms with van der Waals surface area (Å²) in [4.78, 5) is 27.3. The van der Waals surface area contributed by atoms with Crippen molar-refractivity contribution in [1.82, 2.24) is 10.2 Å². The molecule has 6 heteroatoms. The molecule has 2 aliphatic heterocycles. The number of nitrogens with one attached hydrogen (secondary N) is 1. The van der Waals surface area contributed by atoms with Crippen LogP contribution in [-0.2, 0) is 19.9 Å². The fourth-order valence-electron chi connectivity index (χ4n) is 4.28. The predicted octanol–water partition coefficient (Wildman–Crippen LogP) is 3.22. The first kappa shape index (κ1) is 18.9. The molecule has 1 aliphatic carbocycles. The van der Waals surface area contributed by atoms with Crippen molar-refractivity contribution in [3.63, 3.8) is 0 Å². The van der Waals surface area contributed by atoms with E-state index in [1.54, 1.807) is 0 Å². The van der Waals surface area contributed by atoms with Crippen molar-refractivity contribution in [2.75, 3.05) is 26.3 Å². The molecule has 3 aliphatic rings. The molecule has 3 fully saturated rings. The highest BCUT2D eigenvalue weighted by Gasteiger charge is 2.40. The summed E-state index contributed by atoms with van der Waals surface area (Å²) in [6.07, 6.45) is 5.17. The Balaban J connectivity index is 1.42. The largest absolute Gasteiger partial charge is 0.381 e. The third-order valence-corrected chi connectivity index (χ3v) is 6.68. The quantitative estimate of drug-likeness (QED) is 0.790. The van der Waals surface area contributed by atoms with Gasteiger partial charge < -0.3 is 15.0 Å². The highest BCUT2D eigenvalue weighted by Crippen LogP contribution is 2.35. The summed E-state index contributed by atoms with van der Waals surface area (Å²) in [5, 5.41) is 3.38. The molecule has 4 rings (SSSR count). The van der Waals surface area contributed by atoms with E-state index in [1.165, 1.54) is 0 Å². The number of carbonyl (C=O) groups is 2. The van der Waals surface area contributed by atoms with E-state index in [4.69, 9.17) is 4.74 Å². The number of hydrogen-bond acceptors (Lipinski definition) is 3. The fourth-order valence-corrected chi connectivity index (χ4v) is 4.68. The maximum Gasteiger partial charge on any atom is 0.225 e. The summed E-state index contributed by atoms with van der Waals surface area (Å²) in [6, 6.07) is 8.21. The maximum absolute atomic E-state index is 13.1. The Kier molecular flexibility index (Phi) is 5.55. The summed E-state index contributed by atoms with van der Waals surface area (Å²) >= 11 is 3.55. The predicted molar refractivity (Wildman–Crippen MR) is 106 cm³/mol. The van der Waals surface area contributed by atoms with Gasteiger partial charge in [0, 0.05) is 42.6 Å². The van der Waals surface area contributed by atoms with Crippen LogP contribution in [0.25, 0.3) is 0 Å². The normalized spacial score (nSPS) is 23.1. The first-order valence-corrected chi connectivity index (χ1v) is 10.8. The molecule has 2 heterocycles. The molecule has 1 aromatic carbocycles. The second kappa shape index (κ2) is 7.92. The van der Waals surface area contributed by atoms with Crippen LogP contribution in [0, 0.1) is 11.8 Å². The number of amides is 2. The molecule has 0 spiro atoms. The van der Waals surface area contributed by atoms with E-state index >= 15 is 0 Å². The minimum Gasteiger partial charge on any atom is -0.381 e. The van der Waals surface area contributed by atoms with Gasteiger partial charge in [-0.2, -0.15) is 0 Å². The number of nitrogens with zero attached hydrogens (tertiary/aromatic N) is 1. The number of carbonyl (C=O) groups excluding carboxylic acids is 2. The maximum atomic E-state index is 13.1. The molecule has 0 radical (unpaired) electrons. The van der Waals surface area contributed by atoms with Gasteiger partial charge in [-0.15, -0.1) is 0 Å². The van der Waals surface area contributed by atoms with Crippen LogP contribution in [0.1, 0.15) is 44.1 Å². The van der Waals surface area contributed by atoms with E-state index in [9.17, 15) is 9.59 Å². The minimum absolute atomic E-state index is 0.0138. The summed E-state index contributed by atoms with van der Waals surface area (Å²) < 4.78 is 6.59. The molecular weight excluding hydrogens is 408 g/mol. The van der Waals surface area contributed by atoms with Crippen LogP contribution >= 0.6 is 15.9 Å². The summed E-state index contributed by atoms with van der Waals surface area (Å²) in [6.45, 7) is 2.73. The number of benzene rings is 1. The van der Waals surface area contributed by atoms with Crippen LogP contribution in [0.4, 0.5) is 0 Å². The average molecular weight is 435 g/mol. The lowest BCUT2D eigenvalue weighted by molar-refractivity contribution is -0.137. The van der Waals surface area contributed by atoms with Gasteiger partial charge in [-0.05, 0) is 56.2 Å². The lowest BCUT2D eigenvalue weighted by atomic mass is 9.81. The molecule has 1 N–H and O–H groups in total. The smallest absolute Gasteiger partial charge is 0.225 e. The highest BCUT2D eigenvalue weighted by atomic mass is 79.9. The number of likely N-dealkylation sites (tertiary alicyclic amines) is 1. The van der Waals surface area contributed by atoms with Crippen LogP contribution in [0.15, 0.2) is 28.7 Å². The van der Waals surface area contributed by atoms with Gasteiger partial charge in [0.15, 0.2) is 0 Å². The van der Waals surface area contributed by atoms with Crippen LogP contribution in [0.3, 0.4) is 0 Å². The Morgan fingerprint density at radius 2 is 1.78 bits per heavy atom. The molecule has 5 nitrogen and oxygen atoms in total. The Labute approximate surface area is 169 Å². The molecule has 0 bridgehead atoms. The van der Waals surface area contributed by atoms with E-state index in [0.29, 0.717) is 32.2 Å². The molecule has 2 saturated heterocycles. The SMILES string of the molecule is O=C(NC1(c2cccc(Br)c2)CCOCC1)C1CCN(C(=O)C2CC2)CC1. The van der Waals surface area contributed by atoms with Gasteiger partial charge >= 0.3 is 0 Å². The lowest BCUT2D eigenvalue weighted by Crippen LogP contribution is -2.52. The third-order valence-electron chi connectivity index (χ3n) is 6.19. The van der Waals surface area contributed by atoms with E-state index in [-0.39, 0.29) is 23.3 Å². The van der Waals surface area contributed by atoms with Crippen molar-refractivity contribution < 1.29 is 14.3 Å². The molecular formula is C21H27BrN2O3. The number of piperidine rings is 1. The number of halogens is 1. The molecule has 2 amide bonds. The molecule has 0 atom stereocenters. The number of hydrogen-bond donors (Lipinski definition) is 1. The summed E-state index contributed by atoms with van der Waals surface area (Å²) in [5.41, 5.74) is 0.773.